The van der Waals surface area contributed by atoms with Gasteiger partial charge >= 0.3 is 6.18 Å². The van der Waals surface area contributed by atoms with Gasteiger partial charge in [-0.3, -0.25) is 0 Å². The molecule has 18 heavy (non-hydrogen) atoms. The van der Waals surface area contributed by atoms with Gasteiger partial charge in [0.2, 0.25) is 5.69 Å². The summed E-state index contributed by atoms with van der Waals surface area (Å²) in [4.78, 5) is 0. The third-order valence-corrected chi connectivity index (χ3v) is 3.05. The van der Waals surface area contributed by atoms with Gasteiger partial charge in [0.1, 0.15) is 5.69 Å². The zero-order valence-corrected chi connectivity index (χ0v) is 11.0. The van der Waals surface area contributed by atoms with Gasteiger partial charge < -0.3 is 0 Å². The van der Waals surface area contributed by atoms with Crippen molar-refractivity contribution >= 4 is 0 Å². The summed E-state index contributed by atoms with van der Waals surface area (Å²) in [5, 5.41) is 6.43. The Bertz CT molecular complexity index is 372. The molecule has 0 unspecified atom stereocenters. The van der Waals surface area contributed by atoms with Crippen LogP contribution in [0.1, 0.15) is 64.3 Å². The first kappa shape index (κ1) is 15.0. The molecule has 0 aliphatic heterocycles. The number of nitrogens with zero attached hydrogens (tertiary/aromatic N) is 2. The maximum atomic E-state index is 12.7. The summed E-state index contributed by atoms with van der Waals surface area (Å²) in [7, 11) is 0. The second-order valence-electron chi connectivity index (χ2n) is 5.15. The maximum Gasteiger partial charge on any atom is 0.438 e. The molecule has 3 nitrogen and oxygen atoms in total. The fraction of sp³-hybridized carbons (Fsp3) is 0.833. The minimum Gasteiger partial charge on any atom is -0.244 e. The highest BCUT2D eigenvalue weighted by molar-refractivity contribution is 5.20. The fourth-order valence-corrected chi connectivity index (χ4v) is 1.93. The van der Waals surface area contributed by atoms with Crippen molar-refractivity contribution in [2.45, 2.75) is 64.5 Å². The molecular formula is C12H19F3N2O. The van der Waals surface area contributed by atoms with Crippen molar-refractivity contribution in [2.75, 3.05) is 0 Å². The third-order valence-electron chi connectivity index (χ3n) is 3.05. The molecule has 0 fully saturated rings. The number of rotatable bonds is 6. The second kappa shape index (κ2) is 5.71. The van der Waals surface area contributed by atoms with E-state index in [9.17, 15) is 13.2 Å². The van der Waals surface area contributed by atoms with Crippen LogP contribution < -0.4 is 0 Å². The van der Waals surface area contributed by atoms with Crippen LogP contribution in [0.4, 0.5) is 13.2 Å². The van der Waals surface area contributed by atoms with Gasteiger partial charge in [-0.1, -0.05) is 51.6 Å². The van der Waals surface area contributed by atoms with Crippen molar-refractivity contribution in [2.24, 2.45) is 0 Å². The molecule has 0 amide bonds. The van der Waals surface area contributed by atoms with Gasteiger partial charge in [0.05, 0.1) is 0 Å². The highest BCUT2D eigenvalue weighted by atomic mass is 19.4. The van der Waals surface area contributed by atoms with E-state index in [1.807, 2.05) is 0 Å². The summed E-state index contributed by atoms with van der Waals surface area (Å²) in [5.41, 5.74) is -1.76. The average molecular weight is 264 g/mol. The lowest BCUT2D eigenvalue weighted by Crippen LogP contribution is -2.23. The maximum absolute atomic E-state index is 12.7. The monoisotopic (exact) mass is 264 g/mol. The van der Waals surface area contributed by atoms with Crippen molar-refractivity contribution in [3.05, 3.63) is 11.4 Å². The Balaban J connectivity index is 2.75. The van der Waals surface area contributed by atoms with E-state index in [4.69, 9.17) is 0 Å². The van der Waals surface area contributed by atoms with Crippen molar-refractivity contribution in [1.82, 2.24) is 10.3 Å². The van der Waals surface area contributed by atoms with Gasteiger partial charge in [0, 0.05) is 5.41 Å². The molecule has 1 aromatic rings. The quantitative estimate of drug-likeness (QED) is 0.717. The third kappa shape index (κ3) is 3.71. The van der Waals surface area contributed by atoms with E-state index >= 15 is 0 Å². The van der Waals surface area contributed by atoms with Crippen LogP contribution in [-0.2, 0) is 11.6 Å². The smallest absolute Gasteiger partial charge is 0.244 e. The molecule has 1 rings (SSSR count). The summed E-state index contributed by atoms with van der Waals surface area (Å²) in [6, 6.07) is 0. The number of alkyl halides is 3. The Labute approximate surface area is 105 Å². The number of hydrogen-bond donors (Lipinski definition) is 0. The normalized spacial score (nSPS) is 13.0. The van der Waals surface area contributed by atoms with E-state index in [-0.39, 0.29) is 5.69 Å². The summed E-state index contributed by atoms with van der Waals surface area (Å²) in [6.45, 7) is 5.58. The minimum absolute atomic E-state index is 0.0912. The number of halogens is 3. The molecule has 0 atom stereocenters. The van der Waals surface area contributed by atoms with Crippen molar-refractivity contribution in [3.63, 3.8) is 0 Å². The zero-order valence-electron chi connectivity index (χ0n) is 11.0. The first-order valence-electron chi connectivity index (χ1n) is 6.19. The van der Waals surface area contributed by atoms with Gasteiger partial charge in [-0.25, -0.2) is 4.63 Å². The number of unbranched alkanes of at least 4 members (excludes halogenated alkanes) is 3. The largest absolute Gasteiger partial charge is 0.438 e. The van der Waals surface area contributed by atoms with E-state index in [1.165, 1.54) is 0 Å². The van der Waals surface area contributed by atoms with Crippen molar-refractivity contribution < 1.29 is 17.8 Å². The van der Waals surface area contributed by atoms with Crippen LogP contribution in [-0.4, -0.2) is 10.3 Å². The van der Waals surface area contributed by atoms with E-state index in [1.54, 1.807) is 13.8 Å². The molecular weight excluding hydrogens is 245 g/mol. The molecule has 104 valence electrons. The molecule has 1 aromatic heterocycles. The molecule has 0 aliphatic rings. The van der Waals surface area contributed by atoms with Crippen molar-refractivity contribution in [1.29, 1.82) is 0 Å². The summed E-state index contributed by atoms with van der Waals surface area (Å²) >= 11 is 0. The number of aromatic nitrogens is 2. The molecule has 0 saturated carbocycles. The lowest BCUT2D eigenvalue weighted by Gasteiger charge is -2.22. The Morgan fingerprint density at radius 2 is 1.61 bits per heavy atom. The lowest BCUT2D eigenvalue weighted by atomic mass is 9.82. The van der Waals surface area contributed by atoms with Crippen LogP contribution in [0.3, 0.4) is 0 Å². The first-order valence-corrected chi connectivity index (χ1v) is 6.19. The molecule has 0 N–H and O–H groups in total. The van der Waals surface area contributed by atoms with E-state index in [0.29, 0.717) is 6.42 Å². The SMILES string of the molecule is CCCCCCC(C)(C)c1nonc1C(F)(F)F. The Kier molecular flexibility index (Phi) is 4.76. The zero-order chi connectivity index (χ0) is 13.8. The highest BCUT2D eigenvalue weighted by Crippen LogP contribution is 2.37. The van der Waals surface area contributed by atoms with Gasteiger partial charge in [-0.15, -0.1) is 0 Å². The fourth-order valence-electron chi connectivity index (χ4n) is 1.93. The van der Waals surface area contributed by atoms with E-state index < -0.39 is 17.3 Å². The van der Waals surface area contributed by atoms with Crippen LogP contribution in [0.5, 0.6) is 0 Å². The summed E-state index contributed by atoms with van der Waals surface area (Å²) in [6.07, 6.45) is 0.233. The van der Waals surface area contributed by atoms with Crippen molar-refractivity contribution in [3.8, 4) is 0 Å². The van der Waals surface area contributed by atoms with Crippen LogP contribution in [0.2, 0.25) is 0 Å². The van der Waals surface area contributed by atoms with Crippen LogP contribution in [0.15, 0.2) is 4.63 Å². The topological polar surface area (TPSA) is 38.9 Å². The van der Waals surface area contributed by atoms with Gasteiger partial charge in [0.15, 0.2) is 0 Å². The van der Waals surface area contributed by atoms with Gasteiger partial charge in [-0.05, 0) is 11.6 Å². The second-order valence-corrected chi connectivity index (χ2v) is 5.15. The van der Waals surface area contributed by atoms with Crippen LogP contribution in [0, 0.1) is 0 Å². The minimum atomic E-state index is -4.50. The Morgan fingerprint density at radius 1 is 1.00 bits per heavy atom. The molecule has 0 radical (unpaired) electrons. The number of hydrogen-bond acceptors (Lipinski definition) is 3. The van der Waals surface area contributed by atoms with E-state index in [0.717, 1.165) is 25.7 Å². The molecule has 6 heteroatoms. The predicted molar refractivity (Wildman–Crippen MR) is 61.1 cm³/mol. The van der Waals surface area contributed by atoms with Gasteiger partial charge in [0.25, 0.3) is 0 Å². The molecule has 0 bridgehead atoms. The molecule has 1 heterocycles. The van der Waals surface area contributed by atoms with Gasteiger partial charge in [-0.2, -0.15) is 13.2 Å². The van der Waals surface area contributed by atoms with Crippen LogP contribution in [0.25, 0.3) is 0 Å². The van der Waals surface area contributed by atoms with Crippen LogP contribution >= 0.6 is 0 Å². The summed E-state index contributed by atoms with van der Waals surface area (Å²) in [5.74, 6) is 0. The van der Waals surface area contributed by atoms with E-state index in [2.05, 4.69) is 21.9 Å². The molecule has 0 aromatic carbocycles. The Hall–Kier alpha value is -1.07. The Morgan fingerprint density at radius 3 is 2.17 bits per heavy atom. The highest BCUT2D eigenvalue weighted by Gasteiger charge is 2.43. The lowest BCUT2D eigenvalue weighted by molar-refractivity contribution is -0.143. The first-order chi connectivity index (χ1) is 8.29. The standard InChI is InChI=1S/C12H19F3N2O/c1-4-5-6-7-8-11(2,3)9-10(12(13,14)15)17-18-16-9/h4-8H2,1-3H3. The average Bonchev–Trinajstić information content (AvgIpc) is 2.73. The predicted octanol–water partition coefficient (Wildman–Crippen LogP) is 4.34. The molecule has 0 spiro atoms. The molecule has 0 aliphatic carbocycles. The molecule has 0 saturated heterocycles. The summed E-state index contributed by atoms with van der Waals surface area (Å²) < 4.78 is 42.3.